The third-order valence-electron chi connectivity index (χ3n) is 6.24. The molecule has 2 aromatic heterocycles. The number of nitrogens with one attached hydrogen (secondary N) is 1. The Labute approximate surface area is 232 Å². The zero-order valence-corrected chi connectivity index (χ0v) is 22.5. The monoisotopic (exact) mass is 559 g/mol. The van der Waals surface area contributed by atoms with Gasteiger partial charge in [-0.2, -0.15) is 0 Å². The van der Waals surface area contributed by atoms with Gasteiger partial charge in [0.15, 0.2) is 5.16 Å². The van der Waals surface area contributed by atoms with Crippen LogP contribution in [0, 0.1) is 0 Å². The maximum Gasteiger partial charge on any atom is 0.267 e. The Morgan fingerprint density at radius 1 is 1.00 bits per heavy atom. The molecule has 0 saturated heterocycles. The molecule has 0 unspecified atom stereocenters. The van der Waals surface area contributed by atoms with Crippen LogP contribution in [0.2, 0.25) is 5.02 Å². The quantitative estimate of drug-likeness (QED) is 0.170. The van der Waals surface area contributed by atoms with Gasteiger partial charge in [-0.3, -0.25) is 14.2 Å². The van der Waals surface area contributed by atoms with Crippen molar-refractivity contribution in [1.82, 2.24) is 9.55 Å². The van der Waals surface area contributed by atoms with Gasteiger partial charge < -0.3 is 10.1 Å². The Morgan fingerprint density at radius 2 is 1.74 bits per heavy atom. The molecule has 1 N–H and O–H groups in total. The maximum atomic E-state index is 13.7. The first-order valence-electron chi connectivity index (χ1n) is 12.1. The summed E-state index contributed by atoms with van der Waals surface area (Å²) < 4.78 is 7.41. The van der Waals surface area contributed by atoms with Gasteiger partial charge >= 0.3 is 0 Å². The van der Waals surface area contributed by atoms with Crippen molar-refractivity contribution in [3.05, 3.63) is 105 Å². The molecule has 190 valence electrons. The minimum atomic E-state index is -0.197. The highest BCUT2D eigenvalue weighted by atomic mass is 35.5. The van der Waals surface area contributed by atoms with Crippen molar-refractivity contribution in [2.24, 2.45) is 0 Å². The molecule has 1 amide bonds. The number of thiophene rings is 1. The summed E-state index contributed by atoms with van der Waals surface area (Å²) in [6.45, 7) is 0. The summed E-state index contributed by atoms with van der Waals surface area (Å²) in [7, 11) is 0. The van der Waals surface area contributed by atoms with Gasteiger partial charge in [0, 0.05) is 15.6 Å². The summed E-state index contributed by atoms with van der Waals surface area (Å²) in [5.41, 5.74) is 2.35. The summed E-state index contributed by atoms with van der Waals surface area (Å²) in [6.07, 6.45) is 2.95. The zero-order chi connectivity index (χ0) is 26.1. The fourth-order valence-electron chi connectivity index (χ4n) is 4.50. The number of carbonyl (C=O) groups excluding carboxylic acids is 1. The Bertz CT molecular complexity index is 1680. The van der Waals surface area contributed by atoms with E-state index in [-0.39, 0.29) is 17.2 Å². The van der Waals surface area contributed by atoms with E-state index in [0.717, 1.165) is 35.4 Å². The number of hydrogen-bond donors (Lipinski definition) is 1. The summed E-state index contributed by atoms with van der Waals surface area (Å²) in [4.78, 5) is 33.4. The number of para-hydroxylation sites is 1. The molecule has 6 nitrogen and oxygen atoms in total. The third kappa shape index (κ3) is 5.07. The average Bonchev–Trinajstić information content (AvgIpc) is 3.51. The first-order chi connectivity index (χ1) is 18.5. The van der Waals surface area contributed by atoms with Crippen LogP contribution in [0.5, 0.6) is 11.5 Å². The summed E-state index contributed by atoms with van der Waals surface area (Å²) in [5, 5.41) is 4.67. The molecule has 0 fully saturated rings. The van der Waals surface area contributed by atoms with Crippen LogP contribution in [0.25, 0.3) is 15.9 Å². The number of anilines is 1. The van der Waals surface area contributed by atoms with Crippen molar-refractivity contribution < 1.29 is 9.53 Å². The molecule has 0 bridgehead atoms. The van der Waals surface area contributed by atoms with E-state index >= 15 is 0 Å². The Morgan fingerprint density at radius 3 is 2.50 bits per heavy atom. The van der Waals surface area contributed by atoms with Gasteiger partial charge in [0.2, 0.25) is 5.91 Å². The van der Waals surface area contributed by atoms with Gasteiger partial charge in [0.1, 0.15) is 16.3 Å². The average molecular weight is 560 g/mol. The van der Waals surface area contributed by atoms with E-state index in [1.807, 2.05) is 30.3 Å². The van der Waals surface area contributed by atoms with Crippen LogP contribution in [0.1, 0.15) is 16.9 Å². The maximum absolute atomic E-state index is 13.7. The van der Waals surface area contributed by atoms with E-state index in [4.69, 9.17) is 21.3 Å². The van der Waals surface area contributed by atoms with Gasteiger partial charge in [0.25, 0.3) is 5.56 Å². The van der Waals surface area contributed by atoms with Crippen molar-refractivity contribution in [2.75, 3.05) is 11.1 Å². The molecule has 0 atom stereocenters. The predicted octanol–water partition coefficient (Wildman–Crippen LogP) is 7.11. The van der Waals surface area contributed by atoms with E-state index in [1.54, 1.807) is 64.4 Å². The smallest absolute Gasteiger partial charge is 0.267 e. The van der Waals surface area contributed by atoms with Crippen LogP contribution >= 0.6 is 34.7 Å². The van der Waals surface area contributed by atoms with E-state index in [0.29, 0.717) is 32.7 Å². The van der Waals surface area contributed by atoms with Crippen LogP contribution in [-0.4, -0.2) is 21.2 Å². The van der Waals surface area contributed by atoms with Crippen LogP contribution in [0.15, 0.2) is 88.8 Å². The molecule has 6 rings (SSSR count). The molecule has 5 aromatic rings. The van der Waals surface area contributed by atoms with Crippen molar-refractivity contribution in [1.29, 1.82) is 0 Å². The van der Waals surface area contributed by atoms with Gasteiger partial charge in [0.05, 0.1) is 16.8 Å². The summed E-state index contributed by atoms with van der Waals surface area (Å²) in [5.74, 6) is 1.32. The number of benzene rings is 3. The topological polar surface area (TPSA) is 73.2 Å². The van der Waals surface area contributed by atoms with Crippen molar-refractivity contribution in [2.45, 2.75) is 24.4 Å². The lowest BCUT2D eigenvalue weighted by molar-refractivity contribution is -0.113. The third-order valence-corrected chi connectivity index (χ3v) is 8.62. The molecule has 9 heteroatoms. The number of aromatic nitrogens is 2. The number of halogens is 1. The number of rotatable bonds is 7. The minimum Gasteiger partial charge on any atom is -0.457 e. The fraction of sp³-hybridized carbons (Fsp3) is 0.138. The lowest BCUT2D eigenvalue weighted by Crippen LogP contribution is -2.23. The Kier molecular flexibility index (Phi) is 6.93. The second-order valence-corrected chi connectivity index (χ2v) is 11.3. The van der Waals surface area contributed by atoms with E-state index in [2.05, 4.69) is 5.32 Å². The minimum absolute atomic E-state index is 0.0961. The molecule has 1 aliphatic carbocycles. The number of hydrogen-bond acceptors (Lipinski definition) is 6. The fourth-order valence-corrected chi connectivity index (χ4v) is 6.74. The second kappa shape index (κ2) is 10.6. The first-order valence-corrected chi connectivity index (χ1v) is 14.3. The molecular formula is C29H22ClN3O3S2. The van der Waals surface area contributed by atoms with Crippen LogP contribution in [-0.2, 0) is 17.6 Å². The Balaban J connectivity index is 1.22. The van der Waals surface area contributed by atoms with Crippen molar-refractivity contribution in [3.8, 4) is 17.2 Å². The van der Waals surface area contributed by atoms with Gasteiger partial charge in [-0.15, -0.1) is 11.3 Å². The number of carbonyl (C=O) groups is 1. The lowest BCUT2D eigenvalue weighted by atomic mass is 10.2. The van der Waals surface area contributed by atoms with E-state index < -0.39 is 0 Å². The van der Waals surface area contributed by atoms with Gasteiger partial charge in [-0.25, -0.2) is 4.98 Å². The molecule has 0 spiro atoms. The number of amides is 1. The molecule has 3 aromatic carbocycles. The number of fused-ring (bicyclic) bond motifs is 3. The molecule has 2 heterocycles. The summed E-state index contributed by atoms with van der Waals surface area (Å²) >= 11 is 8.92. The predicted molar refractivity (Wildman–Crippen MR) is 155 cm³/mol. The van der Waals surface area contributed by atoms with Crippen molar-refractivity contribution >= 4 is 56.5 Å². The van der Waals surface area contributed by atoms with Crippen LogP contribution in [0.3, 0.4) is 0 Å². The second-order valence-electron chi connectivity index (χ2n) is 8.83. The van der Waals surface area contributed by atoms with Gasteiger partial charge in [-0.1, -0.05) is 41.6 Å². The SMILES string of the molecule is O=C(CSc1nc2sc3c(c2c(=O)n1-c1ccc(Cl)cc1)CCC3)Nc1ccc(Oc2ccccc2)cc1. The number of nitrogens with zero attached hydrogens (tertiary/aromatic N) is 2. The molecule has 38 heavy (non-hydrogen) atoms. The number of thioether (sulfide) groups is 1. The molecule has 0 aliphatic heterocycles. The van der Waals surface area contributed by atoms with E-state index in [9.17, 15) is 9.59 Å². The lowest BCUT2D eigenvalue weighted by Gasteiger charge is -2.13. The van der Waals surface area contributed by atoms with E-state index in [1.165, 1.54) is 16.6 Å². The largest absolute Gasteiger partial charge is 0.457 e. The highest BCUT2D eigenvalue weighted by molar-refractivity contribution is 7.99. The summed E-state index contributed by atoms with van der Waals surface area (Å²) in [6, 6.07) is 23.8. The van der Waals surface area contributed by atoms with Crippen LogP contribution < -0.4 is 15.6 Å². The zero-order valence-electron chi connectivity index (χ0n) is 20.1. The molecular weight excluding hydrogens is 538 g/mol. The molecule has 0 radical (unpaired) electrons. The van der Waals surface area contributed by atoms with Crippen LogP contribution in [0.4, 0.5) is 5.69 Å². The first kappa shape index (κ1) is 24.7. The molecule has 1 aliphatic rings. The Hall–Kier alpha value is -3.59. The standard InChI is InChI=1S/C29H22ClN3O3S2/c30-18-9-13-20(14-10-18)33-28(35)26-23-7-4-8-24(23)38-27(26)32-29(33)37-17-25(34)31-19-11-15-22(16-12-19)36-21-5-2-1-3-6-21/h1-3,5-6,9-16H,4,7-8,17H2,(H,31,34). The number of aryl methyl sites for hydroxylation is 2. The van der Waals surface area contributed by atoms with Crippen molar-refractivity contribution in [3.63, 3.8) is 0 Å². The highest BCUT2D eigenvalue weighted by Gasteiger charge is 2.24. The molecule has 0 saturated carbocycles. The number of ether oxygens (including phenoxy) is 1. The van der Waals surface area contributed by atoms with Gasteiger partial charge in [-0.05, 0) is 85.5 Å². The normalized spacial score (nSPS) is 12.4. The highest BCUT2D eigenvalue weighted by Crippen LogP contribution is 2.36.